The van der Waals surface area contributed by atoms with Crippen molar-refractivity contribution in [3.8, 4) is 11.5 Å². The number of aromatic hydroxyl groups is 1. The number of rotatable bonds is 5. The summed E-state index contributed by atoms with van der Waals surface area (Å²) in [5.41, 5.74) is 3.48. The van der Waals surface area contributed by atoms with Crippen molar-refractivity contribution in [2.45, 2.75) is 19.9 Å². The molecule has 0 aromatic heterocycles. The summed E-state index contributed by atoms with van der Waals surface area (Å²) in [6.45, 7) is 2.84. The molecular formula is C16H19NO2. The fourth-order valence-corrected chi connectivity index (χ4v) is 1.89. The summed E-state index contributed by atoms with van der Waals surface area (Å²) >= 11 is 0. The van der Waals surface area contributed by atoms with E-state index in [-0.39, 0.29) is 5.75 Å². The number of aryl methyl sites for hydroxylation is 1. The molecule has 0 saturated heterocycles. The number of methoxy groups -OCH3 is 1. The van der Waals surface area contributed by atoms with Crippen LogP contribution in [0.4, 0.5) is 5.69 Å². The van der Waals surface area contributed by atoms with Crippen molar-refractivity contribution in [2.24, 2.45) is 0 Å². The molecule has 0 radical (unpaired) electrons. The van der Waals surface area contributed by atoms with Gasteiger partial charge in [-0.25, -0.2) is 0 Å². The fourth-order valence-electron chi connectivity index (χ4n) is 1.89. The van der Waals surface area contributed by atoms with Crippen LogP contribution in [-0.4, -0.2) is 12.2 Å². The van der Waals surface area contributed by atoms with Gasteiger partial charge in [-0.05, 0) is 41.8 Å². The molecule has 0 atom stereocenters. The zero-order chi connectivity index (χ0) is 13.7. The van der Waals surface area contributed by atoms with Gasteiger partial charge >= 0.3 is 0 Å². The van der Waals surface area contributed by atoms with E-state index in [0.29, 0.717) is 12.3 Å². The zero-order valence-corrected chi connectivity index (χ0v) is 11.3. The molecule has 100 valence electrons. The van der Waals surface area contributed by atoms with E-state index in [0.717, 1.165) is 17.7 Å². The van der Waals surface area contributed by atoms with Gasteiger partial charge in [0.15, 0.2) is 11.5 Å². The molecule has 0 aliphatic heterocycles. The number of benzene rings is 2. The minimum absolute atomic E-state index is 0.165. The van der Waals surface area contributed by atoms with Crippen LogP contribution in [0.25, 0.3) is 0 Å². The Morgan fingerprint density at radius 1 is 1.05 bits per heavy atom. The molecule has 0 amide bonds. The first-order valence-electron chi connectivity index (χ1n) is 6.41. The van der Waals surface area contributed by atoms with E-state index >= 15 is 0 Å². The van der Waals surface area contributed by atoms with Gasteiger partial charge < -0.3 is 15.2 Å². The van der Waals surface area contributed by atoms with Gasteiger partial charge in [-0.15, -0.1) is 0 Å². The summed E-state index contributed by atoms with van der Waals surface area (Å²) in [6, 6.07) is 13.8. The highest BCUT2D eigenvalue weighted by molar-refractivity contribution is 5.47. The molecule has 19 heavy (non-hydrogen) atoms. The smallest absolute Gasteiger partial charge is 0.160 e. The third kappa shape index (κ3) is 3.41. The molecular weight excluding hydrogens is 238 g/mol. The molecule has 0 unspecified atom stereocenters. The van der Waals surface area contributed by atoms with E-state index in [4.69, 9.17) is 4.74 Å². The van der Waals surface area contributed by atoms with Crippen molar-refractivity contribution in [2.75, 3.05) is 12.4 Å². The van der Waals surface area contributed by atoms with Crippen molar-refractivity contribution in [1.29, 1.82) is 0 Å². The van der Waals surface area contributed by atoms with Gasteiger partial charge in [-0.3, -0.25) is 0 Å². The Kier molecular flexibility index (Phi) is 4.29. The van der Waals surface area contributed by atoms with Crippen LogP contribution in [-0.2, 0) is 13.0 Å². The molecule has 2 rings (SSSR count). The second-order valence-electron chi connectivity index (χ2n) is 4.41. The molecule has 0 bridgehead atoms. The number of ether oxygens (including phenoxy) is 1. The standard InChI is InChI=1S/C16H19NO2/c1-3-12-4-7-14(8-5-12)17-11-13-6-9-15(18)16(10-13)19-2/h4-10,17-18H,3,11H2,1-2H3. The van der Waals surface area contributed by atoms with Gasteiger partial charge in [-0.2, -0.15) is 0 Å². The van der Waals surface area contributed by atoms with Crippen molar-refractivity contribution in [1.82, 2.24) is 0 Å². The average molecular weight is 257 g/mol. The number of hydrogen-bond acceptors (Lipinski definition) is 3. The normalized spacial score (nSPS) is 10.2. The van der Waals surface area contributed by atoms with Gasteiger partial charge in [0.05, 0.1) is 7.11 Å². The Balaban J connectivity index is 2.01. The van der Waals surface area contributed by atoms with Crippen LogP contribution in [0.1, 0.15) is 18.1 Å². The highest BCUT2D eigenvalue weighted by Crippen LogP contribution is 2.26. The largest absolute Gasteiger partial charge is 0.504 e. The van der Waals surface area contributed by atoms with Gasteiger partial charge in [-0.1, -0.05) is 25.1 Å². The number of hydrogen-bond donors (Lipinski definition) is 2. The number of phenolic OH excluding ortho intramolecular Hbond substituents is 1. The Hall–Kier alpha value is -2.16. The first-order valence-corrected chi connectivity index (χ1v) is 6.41. The molecule has 0 heterocycles. The van der Waals surface area contributed by atoms with E-state index in [1.54, 1.807) is 13.2 Å². The minimum atomic E-state index is 0.165. The van der Waals surface area contributed by atoms with Crippen LogP contribution in [0, 0.1) is 0 Å². The quantitative estimate of drug-likeness (QED) is 0.860. The van der Waals surface area contributed by atoms with Crippen LogP contribution in [0.15, 0.2) is 42.5 Å². The molecule has 2 aromatic carbocycles. The van der Waals surface area contributed by atoms with E-state index < -0.39 is 0 Å². The predicted molar refractivity (Wildman–Crippen MR) is 77.8 cm³/mol. The Morgan fingerprint density at radius 2 is 1.74 bits per heavy atom. The molecule has 0 fully saturated rings. The van der Waals surface area contributed by atoms with Gasteiger partial charge in [0.2, 0.25) is 0 Å². The summed E-state index contributed by atoms with van der Waals surface area (Å²) in [4.78, 5) is 0. The van der Waals surface area contributed by atoms with Crippen molar-refractivity contribution < 1.29 is 9.84 Å². The summed E-state index contributed by atoms with van der Waals surface area (Å²) < 4.78 is 5.09. The predicted octanol–water partition coefficient (Wildman–Crippen LogP) is 3.58. The van der Waals surface area contributed by atoms with E-state index in [1.165, 1.54) is 5.56 Å². The number of phenols is 1. The molecule has 0 aliphatic rings. The third-order valence-corrected chi connectivity index (χ3v) is 3.10. The highest BCUT2D eigenvalue weighted by Gasteiger charge is 2.02. The average Bonchev–Trinajstić information content (AvgIpc) is 2.47. The lowest BCUT2D eigenvalue weighted by molar-refractivity contribution is 0.373. The minimum Gasteiger partial charge on any atom is -0.504 e. The number of anilines is 1. The van der Waals surface area contributed by atoms with Crippen molar-refractivity contribution >= 4 is 5.69 Å². The zero-order valence-electron chi connectivity index (χ0n) is 11.3. The van der Waals surface area contributed by atoms with Crippen LogP contribution >= 0.6 is 0 Å². The maximum atomic E-state index is 9.53. The van der Waals surface area contributed by atoms with E-state index in [1.807, 2.05) is 12.1 Å². The summed E-state index contributed by atoms with van der Waals surface area (Å²) in [6.07, 6.45) is 1.05. The van der Waals surface area contributed by atoms with Gasteiger partial charge in [0.25, 0.3) is 0 Å². The van der Waals surface area contributed by atoms with Crippen molar-refractivity contribution in [3.05, 3.63) is 53.6 Å². The fraction of sp³-hybridized carbons (Fsp3) is 0.250. The lowest BCUT2D eigenvalue weighted by atomic mass is 10.1. The topological polar surface area (TPSA) is 41.5 Å². The second-order valence-corrected chi connectivity index (χ2v) is 4.41. The molecule has 3 heteroatoms. The lowest BCUT2D eigenvalue weighted by Crippen LogP contribution is -1.99. The van der Waals surface area contributed by atoms with Crippen LogP contribution in [0.5, 0.6) is 11.5 Å². The molecule has 2 aromatic rings. The summed E-state index contributed by atoms with van der Waals surface area (Å²) in [5, 5.41) is 12.9. The van der Waals surface area contributed by atoms with E-state index in [9.17, 15) is 5.11 Å². The van der Waals surface area contributed by atoms with E-state index in [2.05, 4.69) is 36.5 Å². The first-order chi connectivity index (χ1) is 9.22. The molecule has 0 saturated carbocycles. The van der Waals surface area contributed by atoms with Gasteiger partial charge in [0, 0.05) is 12.2 Å². The molecule has 0 spiro atoms. The summed E-state index contributed by atoms with van der Waals surface area (Å²) in [5.74, 6) is 0.666. The SMILES string of the molecule is CCc1ccc(NCc2ccc(O)c(OC)c2)cc1. The molecule has 3 nitrogen and oxygen atoms in total. The van der Waals surface area contributed by atoms with Crippen LogP contribution in [0.3, 0.4) is 0 Å². The molecule has 0 aliphatic carbocycles. The maximum Gasteiger partial charge on any atom is 0.160 e. The second kappa shape index (κ2) is 6.14. The number of nitrogens with one attached hydrogen (secondary N) is 1. The lowest BCUT2D eigenvalue weighted by Gasteiger charge is -2.09. The van der Waals surface area contributed by atoms with Crippen molar-refractivity contribution in [3.63, 3.8) is 0 Å². The Morgan fingerprint density at radius 3 is 2.37 bits per heavy atom. The Bertz CT molecular complexity index is 535. The maximum absolute atomic E-state index is 9.53. The van der Waals surface area contributed by atoms with Gasteiger partial charge in [0.1, 0.15) is 0 Å². The Labute approximate surface area is 113 Å². The summed E-state index contributed by atoms with van der Waals surface area (Å²) in [7, 11) is 1.55. The highest BCUT2D eigenvalue weighted by atomic mass is 16.5. The molecule has 2 N–H and O–H groups in total. The van der Waals surface area contributed by atoms with Crippen LogP contribution in [0.2, 0.25) is 0 Å². The monoisotopic (exact) mass is 257 g/mol. The third-order valence-electron chi connectivity index (χ3n) is 3.10. The van der Waals surface area contributed by atoms with Crippen LogP contribution < -0.4 is 10.1 Å². The first kappa shape index (κ1) is 13.3.